The van der Waals surface area contributed by atoms with E-state index in [1.165, 1.54) is 10.7 Å². The van der Waals surface area contributed by atoms with Gasteiger partial charge in [0.05, 0.1) is 22.9 Å². The molecular formula is C16H11BrClN3O4S. The zero-order chi connectivity index (χ0) is 18.5. The summed E-state index contributed by atoms with van der Waals surface area (Å²) in [6.45, 7) is 0. The number of anilines is 1. The lowest BCUT2D eigenvalue weighted by Gasteiger charge is -2.10. The first kappa shape index (κ1) is 17.3. The van der Waals surface area contributed by atoms with Crippen molar-refractivity contribution in [2.75, 3.05) is 5.32 Å². The van der Waals surface area contributed by atoms with Gasteiger partial charge in [0, 0.05) is 10.6 Å². The second-order valence-electron chi connectivity index (χ2n) is 5.75. The third-order valence-electron chi connectivity index (χ3n) is 3.89. The highest BCUT2D eigenvalue weighted by Gasteiger charge is 2.33. The predicted molar refractivity (Wildman–Crippen MR) is 99.3 cm³/mol. The Labute approximate surface area is 162 Å². The van der Waals surface area contributed by atoms with Crippen LogP contribution < -0.4 is 5.32 Å². The normalized spacial score (nSPS) is 15.0. The number of amides is 1. The van der Waals surface area contributed by atoms with Gasteiger partial charge in [-0.05, 0) is 52.3 Å². The smallest absolute Gasteiger partial charge is 0.292 e. The van der Waals surface area contributed by atoms with Crippen molar-refractivity contribution < 1.29 is 17.6 Å². The molecule has 1 aromatic carbocycles. The van der Waals surface area contributed by atoms with Crippen molar-refractivity contribution in [2.45, 2.75) is 11.5 Å². The largest absolute Gasteiger partial charge is 0.444 e. The lowest BCUT2D eigenvalue weighted by Crippen LogP contribution is -2.16. The van der Waals surface area contributed by atoms with E-state index < -0.39 is 15.7 Å². The van der Waals surface area contributed by atoms with Gasteiger partial charge in [0.1, 0.15) is 5.82 Å². The van der Waals surface area contributed by atoms with Gasteiger partial charge < -0.3 is 9.73 Å². The predicted octanol–water partition coefficient (Wildman–Crippen LogP) is 3.56. The SMILES string of the molecule is O=C(Nc1c2c(nn1-c1ccc(Cl)cc1)CS(=O)(=O)C2)c1ccc(Br)o1. The molecule has 134 valence electrons. The minimum Gasteiger partial charge on any atom is -0.444 e. The Hall–Kier alpha value is -2.10. The van der Waals surface area contributed by atoms with Crippen LogP contribution in [0.15, 0.2) is 45.5 Å². The van der Waals surface area contributed by atoms with E-state index in [0.29, 0.717) is 32.5 Å². The molecule has 26 heavy (non-hydrogen) atoms. The molecule has 0 saturated heterocycles. The van der Waals surface area contributed by atoms with Crippen LogP contribution in [-0.2, 0) is 21.3 Å². The van der Waals surface area contributed by atoms with Crippen LogP contribution in [0.3, 0.4) is 0 Å². The van der Waals surface area contributed by atoms with Crippen molar-refractivity contribution in [2.24, 2.45) is 0 Å². The molecule has 3 heterocycles. The highest BCUT2D eigenvalue weighted by molar-refractivity contribution is 9.10. The number of halogens is 2. The van der Waals surface area contributed by atoms with Crippen molar-refractivity contribution in [1.29, 1.82) is 0 Å². The fraction of sp³-hybridized carbons (Fsp3) is 0.125. The maximum absolute atomic E-state index is 12.5. The number of nitrogens with zero attached hydrogens (tertiary/aromatic N) is 2. The van der Waals surface area contributed by atoms with Gasteiger partial charge in [0.15, 0.2) is 20.3 Å². The molecular weight excluding hydrogens is 446 g/mol. The monoisotopic (exact) mass is 455 g/mol. The molecule has 0 aliphatic carbocycles. The Morgan fingerprint density at radius 1 is 1.19 bits per heavy atom. The maximum atomic E-state index is 12.5. The van der Waals surface area contributed by atoms with E-state index in [4.69, 9.17) is 16.0 Å². The summed E-state index contributed by atoms with van der Waals surface area (Å²) < 4.78 is 31.1. The van der Waals surface area contributed by atoms with Gasteiger partial charge in [-0.1, -0.05) is 11.6 Å². The quantitative estimate of drug-likeness (QED) is 0.650. The number of benzene rings is 1. The fourth-order valence-corrected chi connectivity index (χ4v) is 4.67. The van der Waals surface area contributed by atoms with Crippen LogP contribution in [0.5, 0.6) is 0 Å². The minimum atomic E-state index is -3.27. The average molecular weight is 457 g/mol. The van der Waals surface area contributed by atoms with Gasteiger partial charge in [0.25, 0.3) is 5.91 Å². The summed E-state index contributed by atoms with van der Waals surface area (Å²) in [5, 5.41) is 7.66. The second kappa shape index (κ2) is 6.26. The summed E-state index contributed by atoms with van der Waals surface area (Å²) in [4.78, 5) is 12.5. The standard InChI is InChI=1S/C16H11BrClN3O4S/c17-14-6-5-13(25-14)16(22)19-15-11-7-26(23,24)8-12(11)20-21(15)10-3-1-9(18)2-4-10/h1-6H,7-8H2,(H,19,22). The number of carbonyl (C=O) groups is 1. The van der Waals surface area contributed by atoms with E-state index in [2.05, 4.69) is 26.3 Å². The Balaban J connectivity index is 1.78. The molecule has 1 N–H and O–H groups in total. The Morgan fingerprint density at radius 3 is 2.58 bits per heavy atom. The highest BCUT2D eigenvalue weighted by atomic mass is 79.9. The third kappa shape index (κ3) is 3.17. The van der Waals surface area contributed by atoms with Crippen molar-refractivity contribution in [3.8, 4) is 5.69 Å². The number of furan rings is 1. The number of carbonyl (C=O) groups excluding carboxylic acids is 1. The summed E-state index contributed by atoms with van der Waals surface area (Å²) in [6, 6.07) is 9.96. The molecule has 0 spiro atoms. The van der Waals surface area contributed by atoms with Crippen molar-refractivity contribution in [3.63, 3.8) is 0 Å². The van der Waals surface area contributed by atoms with Crippen molar-refractivity contribution >= 4 is 49.1 Å². The molecule has 1 aliphatic heterocycles. The molecule has 0 fully saturated rings. The Kier molecular flexibility index (Phi) is 4.17. The number of aromatic nitrogens is 2. The van der Waals surface area contributed by atoms with Crippen LogP contribution in [0.2, 0.25) is 5.02 Å². The minimum absolute atomic E-state index is 0.0929. The number of fused-ring (bicyclic) bond motifs is 1. The molecule has 2 aromatic heterocycles. The van der Waals surface area contributed by atoms with Crippen molar-refractivity contribution in [1.82, 2.24) is 9.78 Å². The molecule has 0 saturated carbocycles. The Morgan fingerprint density at radius 2 is 1.92 bits per heavy atom. The van der Waals surface area contributed by atoms with Gasteiger partial charge in [-0.15, -0.1) is 0 Å². The molecule has 0 unspecified atom stereocenters. The van der Waals surface area contributed by atoms with E-state index in [-0.39, 0.29) is 17.3 Å². The lowest BCUT2D eigenvalue weighted by atomic mass is 10.2. The number of nitrogens with one attached hydrogen (secondary N) is 1. The van der Waals surface area contributed by atoms with E-state index in [9.17, 15) is 13.2 Å². The van der Waals surface area contributed by atoms with Crippen LogP contribution in [0.1, 0.15) is 21.8 Å². The Bertz CT molecular complexity index is 1120. The van der Waals surface area contributed by atoms with Gasteiger partial charge in [-0.3, -0.25) is 4.79 Å². The molecule has 0 atom stereocenters. The third-order valence-corrected chi connectivity index (χ3v) is 6.01. The molecule has 0 bridgehead atoms. The first-order valence-electron chi connectivity index (χ1n) is 7.46. The first-order valence-corrected chi connectivity index (χ1v) is 10.5. The topological polar surface area (TPSA) is 94.2 Å². The molecule has 0 radical (unpaired) electrons. The van der Waals surface area contributed by atoms with Crippen molar-refractivity contribution in [3.05, 3.63) is 63.1 Å². The number of hydrogen-bond donors (Lipinski definition) is 1. The van der Waals surface area contributed by atoms with E-state index in [0.717, 1.165) is 0 Å². The van der Waals surface area contributed by atoms with E-state index in [1.807, 2.05) is 0 Å². The zero-order valence-corrected chi connectivity index (χ0v) is 16.2. The molecule has 4 rings (SSSR count). The number of sulfone groups is 1. The highest BCUT2D eigenvalue weighted by Crippen LogP contribution is 2.33. The van der Waals surface area contributed by atoms with E-state index >= 15 is 0 Å². The molecule has 10 heteroatoms. The summed E-state index contributed by atoms with van der Waals surface area (Å²) in [7, 11) is -3.27. The summed E-state index contributed by atoms with van der Waals surface area (Å²) in [6.07, 6.45) is 0. The second-order valence-corrected chi connectivity index (χ2v) is 9.03. The molecule has 1 aliphatic rings. The molecule has 7 nitrogen and oxygen atoms in total. The first-order chi connectivity index (χ1) is 12.3. The molecule has 3 aromatic rings. The lowest BCUT2D eigenvalue weighted by molar-refractivity contribution is 0.0994. The summed E-state index contributed by atoms with van der Waals surface area (Å²) in [5.41, 5.74) is 1.56. The van der Waals surface area contributed by atoms with Crippen LogP contribution in [-0.4, -0.2) is 24.1 Å². The average Bonchev–Trinajstić information content (AvgIpc) is 3.22. The zero-order valence-electron chi connectivity index (χ0n) is 13.1. The fourth-order valence-electron chi connectivity index (χ4n) is 2.75. The number of rotatable bonds is 3. The van der Waals surface area contributed by atoms with Gasteiger partial charge in [0.2, 0.25) is 0 Å². The van der Waals surface area contributed by atoms with Gasteiger partial charge in [-0.25, -0.2) is 13.1 Å². The van der Waals surface area contributed by atoms with Crippen LogP contribution >= 0.6 is 27.5 Å². The summed E-state index contributed by atoms with van der Waals surface area (Å²) in [5.74, 6) is -0.431. The van der Waals surface area contributed by atoms with Crippen LogP contribution in [0, 0.1) is 0 Å². The van der Waals surface area contributed by atoms with E-state index in [1.54, 1.807) is 30.3 Å². The van der Waals surface area contributed by atoms with Crippen LogP contribution in [0.4, 0.5) is 5.82 Å². The molecule has 1 amide bonds. The van der Waals surface area contributed by atoms with Gasteiger partial charge >= 0.3 is 0 Å². The summed E-state index contributed by atoms with van der Waals surface area (Å²) >= 11 is 9.07. The van der Waals surface area contributed by atoms with Gasteiger partial charge in [-0.2, -0.15) is 5.10 Å². The maximum Gasteiger partial charge on any atom is 0.292 e. The van der Waals surface area contributed by atoms with Crippen LogP contribution in [0.25, 0.3) is 5.69 Å². The number of hydrogen-bond acceptors (Lipinski definition) is 5.